The lowest BCUT2D eigenvalue weighted by Gasteiger charge is -2.17. The van der Waals surface area contributed by atoms with Crippen LogP contribution in [0.4, 0.5) is 13.2 Å². The van der Waals surface area contributed by atoms with E-state index in [1.54, 1.807) is 18.5 Å². The number of hydrogen-bond donors (Lipinski definition) is 2. The van der Waals surface area contributed by atoms with Crippen molar-refractivity contribution in [2.75, 3.05) is 0 Å². The number of benzene rings is 3. The Labute approximate surface area is 222 Å². The number of fused-ring (bicyclic) bond motifs is 1. The molecule has 5 aromatic rings. The normalized spacial score (nSPS) is 17.8. The number of halogens is 3. The van der Waals surface area contributed by atoms with Crippen molar-refractivity contribution in [3.63, 3.8) is 0 Å². The van der Waals surface area contributed by atoms with E-state index in [4.69, 9.17) is 4.42 Å². The fourth-order valence-electron chi connectivity index (χ4n) is 5.23. The molecule has 0 saturated heterocycles. The highest BCUT2D eigenvalue weighted by Crippen LogP contribution is 2.39. The highest BCUT2D eigenvalue weighted by molar-refractivity contribution is 5.84. The summed E-state index contributed by atoms with van der Waals surface area (Å²) in [5.74, 6) is 0.795. The molecule has 0 unspecified atom stereocenters. The molecule has 1 aliphatic rings. The Balaban J connectivity index is 1.38. The van der Waals surface area contributed by atoms with Crippen LogP contribution in [0.2, 0.25) is 0 Å². The number of hydrogen-bond acceptors (Lipinski definition) is 6. The minimum atomic E-state index is -4.62. The molecular weight excluding hydrogens is 507 g/mol. The van der Waals surface area contributed by atoms with E-state index in [0.29, 0.717) is 23.4 Å². The van der Waals surface area contributed by atoms with Crippen LogP contribution in [0.5, 0.6) is 0 Å². The number of oxazole rings is 1. The van der Waals surface area contributed by atoms with E-state index in [0.717, 1.165) is 35.6 Å². The molecule has 0 amide bonds. The van der Waals surface area contributed by atoms with E-state index >= 15 is 0 Å². The van der Waals surface area contributed by atoms with Gasteiger partial charge in [0.2, 0.25) is 5.89 Å². The predicted octanol–water partition coefficient (Wildman–Crippen LogP) is 5.98. The predicted molar refractivity (Wildman–Crippen MR) is 140 cm³/mol. The van der Waals surface area contributed by atoms with Crippen LogP contribution >= 0.6 is 0 Å². The Kier molecular flexibility index (Phi) is 6.44. The van der Waals surface area contributed by atoms with Gasteiger partial charge in [-0.3, -0.25) is 0 Å². The Morgan fingerprint density at radius 2 is 1.82 bits per heavy atom. The molecule has 1 aliphatic carbocycles. The van der Waals surface area contributed by atoms with Gasteiger partial charge in [0.05, 0.1) is 6.10 Å². The zero-order chi connectivity index (χ0) is 27.1. The summed E-state index contributed by atoms with van der Waals surface area (Å²) >= 11 is 0. The molecule has 7 nitrogen and oxygen atoms in total. The number of aromatic nitrogens is 4. The average Bonchev–Trinajstić information content (AvgIpc) is 3.66. The van der Waals surface area contributed by atoms with Crippen molar-refractivity contribution in [2.45, 2.75) is 44.1 Å². The summed E-state index contributed by atoms with van der Waals surface area (Å²) < 4.78 is 49.7. The molecule has 10 heteroatoms. The van der Waals surface area contributed by atoms with Crippen LogP contribution in [-0.2, 0) is 19.8 Å². The summed E-state index contributed by atoms with van der Waals surface area (Å²) in [6.45, 7) is 0.192. The van der Waals surface area contributed by atoms with Gasteiger partial charge in [-0.25, -0.2) is 4.98 Å². The van der Waals surface area contributed by atoms with Crippen LogP contribution in [0.25, 0.3) is 45.1 Å². The van der Waals surface area contributed by atoms with Crippen molar-refractivity contribution in [3.05, 3.63) is 78.1 Å². The van der Waals surface area contributed by atoms with E-state index in [1.165, 1.54) is 0 Å². The van der Waals surface area contributed by atoms with Crippen molar-refractivity contribution in [1.29, 1.82) is 0 Å². The maximum Gasteiger partial charge on any atom is 0.420 e. The molecule has 1 saturated carbocycles. The first kappa shape index (κ1) is 25.3. The van der Waals surface area contributed by atoms with E-state index in [-0.39, 0.29) is 29.6 Å². The third kappa shape index (κ3) is 4.93. The fraction of sp³-hybridized carbons (Fsp3) is 0.276. The molecule has 2 N–H and O–H groups in total. The van der Waals surface area contributed by atoms with Crippen LogP contribution in [-0.4, -0.2) is 37.0 Å². The summed E-state index contributed by atoms with van der Waals surface area (Å²) in [6, 6.07) is 17.7. The largest absolute Gasteiger partial charge is 0.435 e. The van der Waals surface area contributed by atoms with Crippen LogP contribution in [0.3, 0.4) is 0 Å². The number of alkyl halides is 3. The number of nitrogens with one attached hydrogen (secondary N) is 1. The van der Waals surface area contributed by atoms with Crippen LogP contribution in [0.15, 0.2) is 71.4 Å². The average molecular weight is 534 g/mol. The van der Waals surface area contributed by atoms with Crippen LogP contribution in [0, 0.1) is 0 Å². The Morgan fingerprint density at radius 1 is 1.03 bits per heavy atom. The molecule has 0 aliphatic heterocycles. The van der Waals surface area contributed by atoms with Gasteiger partial charge in [0.1, 0.15) is 17.4 Å². The topological polar surface area (TPSA) is 89.0 Å². The SMILES string of the molecule is Cn1cnnc1-c1ccccc1-c1cccc(-c2nc3cc(CN[C@H]4CCC[C@@H]4O)cc(C(F)(F)F)c3o2)c1. The van der Waals surface area contributed by atoms with Gasteiger partial charge >= 0.3 is 6.18 Å². The molecule has 1 fully saturated rings. The maximum absolute atomic E-state index is 14.0. The first-order valence-electron chi connectivity index (χ1n) is 12.7. The van der Waals surface area contributed by atoms with Gasteiger partial charge in [0.25, 0.3) is 0 Å². The van der Waals surface area contributed by atoms with Crippen molar-refractivity contribution in [2.24, 2.45) is 7.05 Å². The number of aliphatic hydroxyl groups excluding tert-OH is 1. The van der Waals surface area contributed by atoms with Gasteiger partial charge in [-0.05, 0) is 60.2 Å². The summed E-state index contributed by atoms with van der Waals surface area (Å²) in [6.07, 6.45) is -1.10. The second-order valence-corrected chi connectivity index (χ2v) is 9.89. The number of aliphatic hydroxyl groups is 1. The Hall–Kier alpha value is -4.02. The monoisotopic (exact) mass is 533 g/mol. The van der Waals surface area contributed by atoms with Gasteiger partial charge < -0.3 is 19.4 Å². The zero-order valence-corrected chi connectivity index (χ0v) is 21.1. The summed E-state index contributed by atoms with van der Waals surface area (Å²) in [4.78, 5) is 4.46. The Bertz CT molecular complexity index is 1640. The summed E-state index contributed by atoms with van der Waals surface area (Å²) in [5.41, 5.74) is 2.55. The molecule has 6 rings (SSSR count). The third-order valence-electron chi connectivity index (χ3n) is 7.20. The molecule has 39 heavy (non-hydrogen) atoms. The van der Waals surface area contributed by atoms with Crippen molar-refractivity contribution < 1.29 is 22.7 Å². The summed E-state index contributed by atoms with van der Waals surface area (Å²) in [7, 11) is 1.86. The minimum Gasteiger partial charge on any atom is -0.435 e. The number of rotatable bonds is 6. The molecule has 0 radical (unpaired) electrons. The lowest BCUT2D eigenvalue weighted by Crippen LogP contribution is -2.35. The smallest absolute Gasteiger partial charge is 0.420 e. The maximum atomic E-state index is 14.0. The van der Waals surface area contributed by atoms with Crippen molar-refractivity contribution in [3.8, 4) is 34.0 Å². The Morgan fingerprint density at radius 3 is 2.54 bits per heavy atom. The standard InChI is InChI=1S/C29H26F3N5O2/c1-37-16-34-36-27(37)21-9-3-2-8-20(21)18-6-4-7-19(14-18)28-35-24-13-17(15-33-23-10-5-11-25(23)38)12-22(26(24)39-28)29(30,31)32/h2-4,6-9,12-14,16,23,25,33,38H,5,10-11,15H2,1H3/t23-,25-/m0/s1. The first-order chi connectivity index (χ1) is 18.8. The van der Waals surface area contributed by atoms with Crippen LogP contribution in [0.1, 0.15) is 30.4 Å². The van der Waals surface area contributed by atoms with Crippen LogP contribution < -0.4 is 5.32 Å². The highest BCUT2D eigenvalue weighted by atomic mass is 19.4. The van der Waals surface area contributed by atoms with Crippen molar-refractivity contribution >= 4 is 11.1 Å². The van der Waals surface area contributed by atoms with E-state index in [1.807, 2.05) is 54.1 Å². The molecule has 2 atom stereocenters. The first-order valence-corrected chi connectivity index (χ1v) is 12.7. The molecule has 0 bridgehead atoms. The van der Waals surface area contributed by atoms with E-state index in [2.05, 4.69) is 20.5 Å². The quantitative estimate of drug-likeness (QED) is 0.279. The van der Waals surface area contributed by atoms with Crippen molar-refractivity contribution in [1.82, 2.24) is 25.1 Å². The van der Waals surface area contributed by atoms with Gasteiger partial charge in [0.15, 0.2) is 11.4 Å². The second kappa shape index (κ2) is 9.94. The van der Waals surface area contributed by atoms with Gasteiger partial charge in [-0.1, -0.05) is 36.4 Å². The van der Waals surface area contributed by atoms with E-state index in [9.17, 15) is 18.3 Å². The molecule has 2 aromatic heterocycles. The fourth-order valence-corrected chi connectivity index (χ4v) is 5.23. The number of aryl methyl sites for hydroxylation is 1. The highest BCUT2D eigenvalue weighted by Gasteiger charge is 2.36. The number of nitrogens with zero attached hydrogens (tertiary/aromatic N) is 4. The molecule has 2 heterocycles. The zero-order valence-electron chi connectivity index (χ0n) is 21.1. The molecular formula is C29H26F3N5O2. The molecule has 0 spiro atoms. The minimum absolute atomic E-state index is 0.102. The van der Waals surface area contributed by atoms with Gasteiger partial charge in [-0.15, -0.1) is 10.2 Å². The molecule has 200 valence electrons. The molecule has 3 aromatic carbocycles. The lowest BCUT2D eigenvalue weighted by atomic mass is 9.97. The van der Waals surface area contributed by atoms with E-state index < -0.39 is 17.8 Å². The lowest BCUT2D eigenvalue weighted by molar-refractivity contribution is -0.136. The second-order valence-electron chi connectivity index (χ2n) is 9.89. The van der Waals surface area contributed by atoms with Gasteiger partial charge in [0, 0.05) is 30.8 Å². The third-order valence-corrected chi connectivity index (χ3v) is 7.20. The summed E-state index contributed by atoms with van der Waals surface area (Å²) in [5, 5.41) is 21.5. The van der Waals surface area contributed by atoms with Gasteiger partial charge in [-0.2, -0.15) is 13.2 Å².